The summed E-state index contributed by atoms with van der Waals surface area (Å²) in [6.07, 6.45) is 7.84. The second-order valence-electron chi connectivity index (χ2n) is 8.50. The molecule has 1 saturated carbocycles. The van der Waals surface area contributed by atoms with Gasteiger partial charge in [0.25, 0.3) is 0 Å². The average Bonchev–Trinajstić information content (AvgIpc) is 2.84. The minimum atomic E-state index is -3.58. The fourth-order valence-corrected chi connectivity index (χ4v) is 6.33. The number of rotatable bonds is 6. The lowest BCUT2D eigenvalue weighted by atomic mass is 9.93. The van der Waals surface area contributed by atoms with Crippen LogP contribution in [-0.2, 0) is 16.6 Å². The Morgan fingerprint density at radius 3 is 2.45 bits per heavy atom. The number of benzene rings is 1. The van der Waals surface area contributed by atoms with Crippen molar-refractivity contribution in [2.45, 2.75) is 48.5 Å². The van der Waals surface area contributed by atoms with Gasteiger partial charge < -0.3 is 10.6 Å². The van der Waals surface area contributed by atoms with Crippen molar-refractivity contribution in [2.75, 3.05) is 31.5 Å². The van der Waals surface area contributed by atoms with Gasteiger partial charge in [-0.05, 0) is 48.7 Å². The lowest BCUT2D eigenvalue weighted by Crippen LogP contribution is -2.54. The maximum atomic E-state index is 13.1. The van der Waals surface area contributed by atoms with Crippen LogP contribution in [0.2, 0.25) is 0 Å². The Kier molecular flexibility index (Phi) is 7.85. The Morgan fingerprint density at radius 2 is 1.79 bits per heavy atom. The third-order valence-corrected chi connectivity index (χ3v) is 8.74. The topological polar surface area (TPSA) is 94.6 Å². The summed E-state index contributed by atoms with van der Waals surface area (Å²) >= 11 is 6.53. The highest BCUT2D eigenvalue weighted by Gasteiger charge is 2.34. The van der Waals surface area contributed by atoms with E-state index >= 15 is 0 Å². The summed E-state index contributed by atoms with van der Waals surface area (Å²) in [5.41, 5.74) is 1.41. The van der Waals surface area contributed by atoms with Crippen LogP contribution >= 0.6 is 11.6 Å². The van der Waals surface area contributed by atoms with Crippen LogP contribution in [0.3, 0.4) is 0 Å². The molecule has 1 aromatic carbocycles. The quantitative estimate of drug-likeness (QED) is 0.605. The Hall–Kier alpha value is -2.20. The number of aromatic nitrogens is 1. The predicted octanol–water partition coefficient (Wildman–Crippen LogP) is 3.26. The van der Waals surface area contributed by atoms with Crippen molar-refractivity contribution in [3.05, 3.63) is 54.4 Å². The number of sulfonamides is 1. The second-order valence-corrected chi connectivity index (χ2v) is 11.0. The summed E-state index contributed by atoms with van der Waals surface area (Å²) in [6.45, 7) is 2.66. The van der Waals surface area contributed by atoms with E-state index in [1.165, 1.54) is 25.0 Å². The van der Waals surface area contributed by atoms with Gasteiger partial charge in [0, 0.05) is 62.2 Å². The van der Waals surface area contributed by atoms with Gasteiger partial charge in [-0.1, -0.05) is 18.9 Å². The Labute approximate surface area is 200 Å². The zero-order valence-corrected chi connectivity index (χ0v) is 20.1. The number of piperazine rings is 1. The van der Waals surface area contributed by atoms with Gasteiger partial charge in [0.05, 0.1) is 4.90 Å². The van der Waals surface area contributed by atoms with Gasteiger partial charge in [-0.25, -0.2) is 13.2 Å². The zero-order chi connectivity index (χ0) is 23.3. The van der Waals surface area contributed by atoms with Crippen LogP contribution in [0.4, 0.5) is 10.5 Å². The number of carbonyl (C=O) groups excluding carboxylic acids is 1. The molecular formula is C23H30ClN5O3S. The maximum Gasteiger partial charge on any atom is 0.319 e. The molecule has 2 fully saturated rings. The molecule has 10 heteroatoms. The first-order valence-electron chi connectivity index (χ1n) is 11.4. The van der Waals surface area contributed by atoms with E-state index in [1.54, 1.807) is 34.9 Å². The second kappa shape index (κ2) is 10.8. The van der Waals surface area contributed by atoms with Gasteiger partial charge in [0.15, 0.2) is 0 Å². The molecule has 1 aliphatic carbocycles. The van der Waals surface area contributed by atoms with Crippen LogP contribution < -0.4 is 10.6 Å². The zero-order valence-electron chi connectivity index (χ0n) is 18.5. The van der Waals surface area contributed by atoms with Crippen molar-refractivity contribution < 1.29 is 13.2 Å². The molecule has 2 aromatic rings. The molecule has 2 heterocycles. The third-order valence-electron chi connectivity index (χ3n) is 6.32. The molecule has 1 aromatic heterocycles. The van der Waals surface area contributed by atoms with Gasteiger partial charge in [-0.15, -0.1) is 11.6 Å². The van der Waals surface area contributed by atoms with Crippen LogP contribution in [0.1, 0.15) is 31.2 Å². The monoisotopic (exact) mass is 491 g/mol. The summed E-state index contributed by atoms with van der Waals surface area (Å²) in [5.74, 6) is 0. The molecule has 2 aliphatic rings. The van der Waals surface area contributed by atoms with Gasteiger partial charge in [0.1, 0.15) is 0 Å². The Balaban J connectivity index is 1.30. The number of urea groups is 1. The molecule has 33 heavy (non-hydrogen) atoms. The highest BCUT2D eigenvalue weighted by Crippen LogP contribution is 2.29. The van der Waals surface area contributed by atoms with Crippen LogP contribution in [0.15, 0.2) is 53.7 Å². The van der Waals surface area contributed by atoms with E-state index in [2.05, 4.69) is 20.5 Å². The number of amides is 2. The molecule has 2 atom stereocenters. The number of carbonyl (C=O) groups is 1. The molecule has 0 bridgehead atoms. The molecule has 2 amide bonds. The number of hydrogen-bond acceptors (Lipinski definition) is 5. The molecule has 2 unspecified atom stereocenters. The molecule has 0 spiro atoms. The molecule has 0 radical (unpaired) electrons. The van der Waals surface area contributed by atoms with Crippen molar-refractivity contribution in [3.8, 4) is 0 Å². The number of alkyl halides is 1. The molecule has 178 valence electrons. The van der Waals surface area contributed by atoms with E-state index in [9.17, 15) is 13.2 Å². The molecule has 2 N–H and O–H groups in total. The number of nitrogens with zero attached hydrogens (tertiary/aromatic N) is 3. The van der Waals surface area contributed by atoms with Gasteiger partial charge >= 0.3 is 6.03 Å². The minimum Gasteiger partial charge on any atom is -0.334 e. The van der Waals surface area contributed by atoms with Crippen molar-refractivity contribution in [1.29, 1.82) is 0 Å². The molecular weight excluding hydrogens is 462 g/mol. The van der Waals surface area contributed by atoms with Crippen molar-refractivity contribution >= 4 is 33.3 Å². The smallest absolute Gasteiger partial charge is 0.319 e. The lowest BCUT2D eigenvalue weighted by molar-refractivity contribution is 0.114. The van der Waals surface area contributed by atoms with Crippen LogP contribution in [0.5, 0.6) is 0 Å². The van der Waals surface area contributed by atoms with Gasteiger partial charge in [-0.2, -0.15) is 4.31 Å². The molecule has 1 saturated heterocycles. The highest BCUT2D eigenvalue weighted by molar-refractivity contribution is 7.89. The maximum absolute atomic E-state index is 13.1. The summed E-state index contributed by atoms with van der Waals surface area (Å²) in [6, 6.07) is 9.93. The number of nitrogens with one attached hydrogen (secondary N) is 2. The minimum absolute atomic E-state index is 0.156. The van der Waals surface area contributed by atoms with Gasteiger partial charge in [0.2, 0.25) is 10.0 Å². The Morgan fingerprint density at radius 1 is 1.06 bits per heavy atom. The van der Waals surface area contributed by atoms with E-state index in [0.29, 0.717) is 44.5 Å². The van der Waals surface area contributed by atoms with Crippen molar-refractivity contribution in [1.82, 2.24) is 19.5 Å². The normalized spacial score (nSPS) is 22.6. The van der Waals surface area contributed by atoms with E-state index in [-0.39, 0.29) is 16.3 Å². The van der Waals surface area contributed by atoms with E-state index in [4.69, 9.17) is 11.6 Å². The first kappa shape index (κ1) is 23.9. The highest BCUT2D eigenvalue weighted by atomic mass is 35.5. The van der Waals surface area contributed by atoms with E-state index in [1.807, 2.05) is 6.07 Å². The third kappa shape index (κ3) is 6.03. The predicted molar refractivity (Wildman–Crippen MR) is 129 cm³/mol. The van der Waals surface area contributed by atoms with Crippen LogP contribution in [0, 0.1) is 0 Å². The first-order valence-corrected chi connectivity index (χ1v) is 13.2. The summed E-state index contributed by atoms with van der Waals surface area (Å²) in [4.78, 5) is 18.7. The molecule has 1 aliphatic heterocycles. The van der Waals surface area contributed by atoms with Crippen LogP contribution in [0.25, 0.3) is 0 Å². The van der Waals surface area contributed by atoms with Crippen molar-refractivity contribution in [3.63, 3.8) is 0 Å². The van der Waals surface area contributed by atoms with E-state index < -0.39 is 10.0 Å². The summed E-state index contributed by atoms with van der Waals surface area (Å²) < 4.78 is 27.7. The number of halogens is 1. The first-order chi connectivity index (χ1) is 15.9. The van der Waals surface area contributed by atoms with Gasteiger partial charge in [-0.3, -0.25) is 9.88 Å². The number of hydrogen-bond donors (Lipinski definition) is 2. The fourth-order valence-electron chi connectivity index (χ4n) is 4.47. The number of pyridine rings is 1. The summed E-state index contributed by atoms with van der Waals surface area (Å²) in [5, 5.41) is 5.62. The average molecular weight is 492 g/mol. The largest absolute Gasteiger partial charge is 0.334 e. The van der Waals surface area contributed by atoms with Crippen molar-refractivity contribution in [2.24, 2.45) is 0 Å². The Bertz CT molecular complexity index is 1030. The standard InChI is InChI=1S/C23H30ClN5O3S/c24-21-5-1-2-6-22(21)28-12-14-29(15-13-28)33(31,32)20-9-7-19(8-10-20)27-23(30)26-17-18-4-3-11-25-16-18/h3-4,7-11,16,21-22H,1-2,5-6,12-15,17H2,(H2,26,27,30). The lowest BCUT2D eigenvalue weighted by Gasteiger charge is -2.42. The van der Waals surface area contributed by atoms with Crippen LogP contribution in [-0.4, -0.2) is 66.2 Å². The fraction of sp³-hybridized carbons (Fsp3) is 0.478. The molecule has 4 rings (SSSR count). The summed E-state index contributed by atoms with van der Waals surface area (Å²) in [7, 11) is -3.58. The van der Waals surface area contributed by atoms with E-state index in [0.717, 1.165) is 18.4 Å². The SMILES string of the molecule is O=C(NCc1cccnc1)Nc1ccc(S(=O)(=O)N2CCN(C3CCCCC3Cl)CC2)cc1. The molecule has 8 nitrogen and oxygen atoms in total. The number of anilines is 1.